The highest BCUT2D eigenvalue weighted by molar-refractivity contribution is 7.81. The van der Waals surface area contributed by atoms with Crippen LogP contribution < -0.4 is 0 Å². The van der Waals surface area contributed by atoms with Crippen LogP contribution in [0, 0.1) is 0 Å². The summed E-state index contributed by atoms with van der Waals surface area (Å²) in [5.74, 6) is 0.550. The highest BCUT2D eigenvalue weighted by Crippen LogP contribution is 2.35. The van der Waals surface area contributed by atoms with Crippen molar-refractivity contribution in [1.29, 1.82) is 0 Å². The number of fused-ring (bicyclic) bond motifs is 1. The molecular formula is C16H16S. The van der Waals surface area contributed by atoms with E-state index in [1.54, 1.807) is 0 Å². The molecule has 0 aromatic heterocycles. The molecule has 0 saturated heterocycles. The third-order valence-electron chi connectivity index (χ3n) is 3.68. The Morgan fingerprint density at radius 1 is 0.765 bits per heavy atom. The zero-order chi connectivity index (χ0) is 11.7. The fraction of sp³-hybridized carbons (Fsp3) is 0.250. The van der Waals surface area contributed by atoms with Crippen molar-refractivity contribution in [3.63, 3.8) is 0 Å². The van der Waals surface area contributed by atoms with Gasteiger partial charge in [0, 0.05) is 5.25 Å². The first kappa shape index (κ1) is 10.9. The lowest BCUT2D eigenvalue weighted by Crippen LogP contribution is -2.24. The van der Waals surface area contributed by atoms with Crippen molar-refractivity contribution in [2.24, 2.45) is 0 Å². The van der Waals surface area contributed by atoms with E-state index in [1.165, 1.54) is 16.7 Å². The van der Waals surface area contributed by atoms with Crippen molar-refractivity contribution in [1.82, 2.24) is 0 Å². The maximum absolute atomic E-state index is 4.79. The van der Waals surface area contributed by atoms with Crippen LogP contribution in [-0.4, -0.2) is 5.25 Å². The number of benzene rings is 2. The molecule has 0 spiro atoms. The molecule has 2 atom stereocenters. The van der Waals surface area contributed by atoms with Crippen LogP contribution in [0.3, 0.4) is 0 Å². The highest BCUT2D eigenvalue weighted by atomic mass is 32.1. The lowest BCUT2D eigenvalue weighted by Gasteiger charge is -2.30. The second-order valence-electron chi connectivity index (χ2n) is 4.76. The maximum Gasteiger partial charge on any atom is 0.0129 e. The van der Waals surface area contributed by atoms with E-state index in [2.05, 4.69) is 54.6 Å². The first-order chi connectivity index (χ1) is 8.34. The highest BCUT2D eigenvalue weighted by Gasteiger charge is 2.26. The number of hydrogen-bond acceptors (Lipinski definition) is 1. The summed E-state index contributed by atoms with van der Waals surface area (Å²) >= 11 is 4.79. The summed E-state index contributed by atoms with van der Waals surface area (Å²) in [5.41, 5.74) is 4.38. The molecule has 2 unspecified atom stereocenters. The van der Waals surface area contributed by atoms with Gasteiger partial charge in [0.2, 0.25) is 0 Å². The molecule has 0 heterocycles. The normalized spacial score (nSPS) is 23.1. The fourth-order valence-corrected chi connectivity index (χ4v) is 3.21. The SMILES string of the molecule is SC1Cc2ccccc2CC1c1ccccc1. The van der Waals surface area contributed by atoms with Crippen molar-refractivity contribution < 1.29 is 0 Å². The zero-order valence-corrected chi connectivity index (χ0v) is 10.6. The number of rotatable bonds is 1. The second-order valence-corrected chi connectivity index (χ2v) is 5.42. The van der Waals surface area contributed by atoms with Crippen molar-refractivity contribution in [2.45, 2.75) is 24.0 Å². The van der Waals surface area contributed by atoms with Gasteiger partial charge >= 0.3 is 0 Å². The topological polar surface area (TPSA) is 0 Å². The Morgan fingerprint density at radius 3 is 2.06 bits per heavy atom. The van der Waals surface area contributed by atoms with Crippen molar-refractivity contribution in [2.75, 3.05) is 0 Å². The molecule has 2 aromatic rings. The Kier molecular flexibility index (Phi) is 2.94. The predicted octanol–water partition coefficient (Wildman–Crippen LogP) is 3.87. The smallest absolute Gasteiger partial charge is 0.0129 e. The van der Waals surface area contributed by atoms with Crippen LogP contribution in [0.25, 0.3) is 0 Å². The fourth-order valence-electron chi connectivity index (χ4n) is 2.74. The van der Waals surface area contributed by atoms with Gasteiger partial charge < -0.3 is 0 Å². The molecule has 86 valence electrons. The molecule has 2 aromatic carbocycles. The van der Waals surface area contributed by atoms with Crippen LogP contribution in [0.2, 0.25) is 0 Å². The zero-order valence-electron chi connectivity index (χ0n) is 9.71. The average Bonchev–Trinajstić information content (AvgIpc) is 2.39. The van der Waals surface area contributed by atoms with Gasteiger partial charge in [-0.3, -0.25) is 0 Å². The van der Waals surface area contributed by atoms with Crippen molar-refractivity contribution in [3.05, 3.63) is 71.3 Å². The van der Waals surface area contributed by atoms with E-state index in [9.17, 15) is 0 Å². The van der Waals surface area contributed by atoms with Gasteiger partial charge in [-0.25, -0.2) is 0 Å². The summed E-state index contributed by atoms with van der Waals surface area (Å²) in [7, 11) is 0. The molecule has 0 aliphatic heterocycles. The third-order valence-corrected chi connectivity index (χ3v) is 4.22. The van der Waals surface area contributed by atoms with Crippen LogP contribution >= 0.6 is 12.6 Å². The van der Waals surface area contributed by atoms with E-state index in [0.717, 1.165) is 12.8 Å². The number of hydrogen-bond donors (Lipinski definition) is 1. The monoisotopic (exact) mass is 240 g/mol. The summed E-state index contributed by atoms with van der Waals surface area (Å²) in [5, 5.41) is 0.437. The Labute approximate surface area is 108 Å². The molecule has 0 fully saturated rings. The van der Waals surface area contributed by atoms with E-state index in [0.29, 0.717) is 11.2 Å². The van der Waals surface area contributed by atoms with Crippen molar-refractivity contribution >= 4 is 12.6 Å². The van der Waals surface area contributed by atoms with E-state index in [-0.39, 0.29) is 0 Å². The minimum Gasteiger partial charge on any atom is -0.175 e. The maximum atomic E-state index is 4.79. The van der Waals surface area contributed by atoms with Gasteiger partial charge in [0.15, 0.2) is 0 Å². The van der Waals surface area contributed by atoms with E-state index < -0.39 is 0 Å². The van der Waals surface area contributed by atoms with Gasteiger partial charge in [0.25, 0.3) is 0 Å². The molecule has 0 nitrogen and oxygen atoms in total. The third kappa shape index (κ3) is 2.12. The minimum atomic E-state index is 0.437. The Hall–Kier alpha value is -1.21. The van der Waals surface area contributed by atoms with Crippen LogP contribution in [-0.2, 0) is 12.8 Å². The van der Waals surface area contributed by atoms with Gasteiger partial charge in [0.05, 0.1) is 0 Å². The Bertz CT molecular complexity index is 504. The Balaban J connectivity index is 1.95. The van der Waals surface area contributed by atoms with Gasteiger partial charge in [-0.05, 0) is 35.4 Å². The van der Waals surface area contributed by atoms with Gasteiger partial charge in [-0.1, -0.05) is 54.6 Å². The molecule has 0 amide bonds. The largest absolute Gasteiger partial charge is 0.175 e. The minimum absolute atomic E-state index is 0.437. The molecule has 0 saturated carbocycles. The summed E-state index contributed by atoms with van der Waals surface area (Å²) in [6.07, 6.45) is 2.20. The van der Waals surface area contributed by atoms with Crippen LogP contribution in [0.5, 0.6) is 0 Å². The van der Waals surface area contributed by atoms with E-state index in [4.69, 9.17) is 12.6 Å². The summed E-state index contributed by atoms with van der Waals surface area (Å²) in [6, 6.07) is 19.5. The summed E-state index contributed by atoms with van der Waals surface area (Å²) in [6.45, 7) is 0. The summed E-state index contributed by atoms with van der Waals surface area (Å²) < 4.78 is 0. The van der Waals surface area contributed by atoms with Gasteiger partial charge in [-0.15, -0.1) is 0 Å². The van der Waals surface area contributed by atoms with Gasteiger partial charge in [0.1, 0.15) is 0 Å². The molecule has 1 aliphatic rings. The lowest BCUT2D eigenvalue weighted by molar-refractivity contribution is 0.604. The summed E-state index contributed by atoms with van der Waals surface area (Å²) in [4.78, 5) is 0. The average molecular weight is 240 g/mol. The van der Waals surface area contributed by atoms with E-state index >= 15 is 0 Å². The van der Waals surface area contributed by atoms with Gasteiger partial charge in [-0.2, -0.15) is 12.6 Å². The molecule has 1 heteroatoms. The second kappa shape index (κ2) is 4.58. The molecule has 17 heavy (non-hydrogen) atoms. The lowest BCUT2D eigenvalue weighted by atomic mass is 9.80. The molecule has 0 N–H and O–H groups in total. The van der Waals surface area contributed by atoms with Crippen molar-refractivity contribution in [3.8, 4) is 0 Å². The molecular weight excluding hydrogens is 224 g/mol. The molecule has 0 bridgehead atoms. The first-order valence-corrected chi connectivity index (χ1v) is 6.66. The number of thiol groups is 1. The Morgan fingerprint density at radius 2 is 1.35 bits per heavy atom. The van der Waals surface area contributed by atoms with Crippen LogP contribution in [0.15, 0.2) is 54.6 Å². The quantitative estimate of drug-likeness (QED) is 0.719. The van der Waals surface area contributed by atoms with E-state index in [1.807, 2.05) is 0 Å². The molecule has 3 rings (SSSR count). The van der Waals surface area contributed by atoms with Crippen LogP contribution in [0.1, 0.15) is 22.6 Å². The molecule has 1 aliphatic carbocycles. The standard InChI is InChI=1S/C16H16S/c17-16-11-14-9-5-4-8-13(14)10-15(16)12-6-2-1-3-7-12/h1-9,15-17H,10-11H2. The first-order valence-electron chi connectivity index (χ1n) is 6.14. The molecule has 0 radical (unpaired) electrons. The van der Waals surface area contributed by atoms with Crippen LogP contribution in [0.4, 0.5) is 0 Å². The predicted molar refractivity (Wildman–Crippen MR) is 75.8 cm³/mol.